The van der Waals surface area contributed by atoms with Crippen molar-refractivity contribution in [3.8, 4) is 0 Å². The normalized spacial score (nSPS) is 24.8. The van der Waals surface area contributed by atoms with E-state index in [1.165, 1.54) is 10.9 Å². The first-order valence-corrected chi connectivity index (χ1v) is 12.9. The molecule has 0 amide bonds. The number of hydrogen-bond donors (Lipinski definition) is 6. The number of aliphatic hydroxyl groups is 1. The minimum atomic E-state index is -5.68. The number of aromatic nitrogens is 4. The van der Waals surface area contributed by atoms with E-state index in [1.807, 2.05) is 0 Å². The first-order valence-electron chi connectivity index (χ1n) is 8.37. The number of azide groups is 1. The van der Waals surface area contributed by atoms with Crippen LogP contribution in [0.4, 0.5) is 11.8 Å². The van der Waals surface area contributed by atoms with Gasteiger partial charge in [0.2, 0.25) is 5.95 Å². The maximum absolute atomic E-state index is 11.8. The zero-order valence-corrected chi connectivity index (χ0v) is 18.6. The van der Waals surface area contributed by atoms with Crippen molar-refractivity contribution in [3.05, 3.63) is 16.8 Å². The van der Waals surface area contributed by atoms with Gasteiger partial charge in [-0.15, -0.1) is 0 Å². The minimum absolute atomic E-state index is 0.0932. The maximum atomic E-state index is 11.8. The van der Waals surface area contributed by atoms with Gasteiger partial charge in [0.25, 0.3) is 0 Å². The lowest BCUT2D eigenvalue weighted by atomic mass is 10.2. The molecule has 3 heterocycles. The lowest BCUT2D eigenvalue weighted by molar-refractivity contribution is -0.0423. The summed E-state index contributed by atoms with van der Waals surface area (Å²) in [7, 11) is -16.6. The molecule has 0 spiro atoms. The summed E-state index contributed by atoms with van der Waals surface area (Å²) in [5.41, 5.74) is 14.5. The van der Waals surface area contributed by atoms with E-state index < -0.39 is 48.5 Å². The Hall–Kier alpha value is -2.01. The van der Waals surface area contributed by atoms with Crippen LogP contribution in [0.25, 0.3) is 21.6 Å². The van der Waals surface area contributed by atoms with Gasteiger partial charge in [-0.1, -0.05) is 0 Å². The summed E-state index contributed by atoms with van der Waals surface area (Å²) in [5.74, 6) is -0.393. The Balaban J connectivity index is 1.70. The summed E-state index contributed by atoms with van der Waals surface area (Å²) >= 11 is 0. The van der Waals surface area contributed by atoms with Gasteiger partial charge in [-0.05, 0) is 10.6 Å². The van der Waals surface area contributed by atoms with Crippen LogP contribution in [-0.4, -0.2) is 63.0 Å². The SMILES string of the molecule is [N-]=[N+]=Nc1nc(N)c2ncn([C@H]3C[C@H](O)[C@@H](COP(=O)(O)OP(=O)(O)OP(=O)(O)O)O3)c2n1. The number of phosphoric acid groups is 3. The van der Waals surface area contributed by atoms with E-state index in [2.05, 4.69) is 38.1 Å². The second-order valence-corrected chi connectivity index (χ2v) is 10.7. The number of phosphoric ester groups is 1. The molecule has 5 atom stereocenters. The molecule has 182 valence electrons. The molecular formula is C10H15N8O12P3. The van der Waals surface area contributed by atoms with E-state index in [9.17, 15) is 23.7 Å². The van der Waals surface area contributed by atoms with E-state index in [1.54, 1.807) is 0 Å². The number of aliphatic hydroxyl groups excluding tert-OH is 1. The molecule has 0 bridgehead atoms. The van der Waals surface area contributed by atoms with E-state index in [0.717, 1.165) is 0 Å². The lowest BCUT2D eigenvalue weighted by Gasteiger charge is -2.19. The zero-order valence-electron chi connectivity index (χ0n) is 15.9. The number of imidazole rings is 1. The predicted molar refractivity (Wildman–Crippen MR) is 103 cm³/mol. The summed E-state index contributed by atoms with van der Waals surface area (Å²) in [4.78, 5) is 50.0. The number of anilines is 1. The average molecular weight is 532 g/mol. The van der Waals surface area contributed by atoms with Gasteiger partial charge in [-0.25, -0.2) is 28.6 Å². The fourth-order valence-electron chi connectivity index (χ4n) is 2.73. The quantitative estimate of drug-likeness (QED) is 0.110. The number of ether oxygens (including phenoxy) is 1. The Kier molecular flexibility index (Phi) is 7.24. The van der Waals surface area contributed by atoms with Gasteiger partial charge in [0.15, 0.2) is 11.5 Å². The van der Waals surface area contributed by atoms with Crippen molar-refractivity contribution in [2.24, 2.45) is 5.11 Å². The highest BCUT2D eigenvalue weighted by Crippen LogP contribution is 2.66. The third-order valence-corrected chi connectivity index (χ3v) is 7.71. The molecule has 20 nitrogen and oxygen atoms in total. The average Bonchev–Trinajstić information content (AvgIpc) is 3.21. The van der Waals surface area contributed by atoms with Gasteiger partial charge < -0.3 is 35.2 Å². The van der Waals surface area contributed by atoms with Crippen LogP contribution >= 0.6 is 23.5 Å². The highest BCUT2D eigenvalue weighted by molar-refractivity contribution is 7.66. The van der Waals surface area contributed by atoms with Gasteiger partial charge in [-0.3, -0.25) is 9.09 Å². The van der Waals surface area contributed by atoms with Crippen LogP contribution in [-0.2, 0) is 31.6 Å². The molecular weight excluding hydrogens is 517 g/mol. The second kappa shape index (κ2) is 9.32. The smallest absolute Gasteiger partial charge is 0.390 e. The third kappa shape index (κ3) is 6.53. The van der Waals surface area contributed by atoms with Crippen molar-refractivity contribution in [1.82, 2.24) is 19.5 Å². The van der Waals surface area contributed by atoms with Crippen molar-refractivity contribution in [2.75, 3.05) is 12.3 Å². The van der Waals surface area contributed by atoms with Crippen LogP contribution in [0.2, 0.25) is 0 Å². The van der Waals surface area contributed by atoms with Gasteiger partial charge in [0, 0.05) is 11.3 Å². The van der Waals surface area contributed by atoms with Gasteiger partial charge >= 0.3 is 23.5 Å². The fourth-order valence-corrected chi connectivity index (χ4v) is 5.76. The number of rotatable bonds is 9. The molecule has 1 saturated heterocycles. The molecule has 0 aliphatic carbocycles. The highest BCUT2D eigenvalue weighted by Gasteiger charge is 2.43. The summed E-state index contributed by atoms with van der Waals surface area (Å²) in [6.07, 6.45) is -2.36. The molecule has 2 aromatic heterocycles. The molecule has 2 aromatic rings. The molecule has 1 aliphatic rings. The number of nitrogens with two attached hydrogens (primary N) is 1. The molecule has 7 N–H and O–H groups in total. The van der Waals surface area contributed by atoms with Crippen molar-refractivity contribution < 1.29 is 56.3 Å². The fraction of sp³-hybridized carbons (Fsp3) is 0.500. The Morgan fingerprint density at radius 1 is 1.24 bits per heavy atom. The molecule has 1 fully saturated rings. The van der Waals surface area contributed by atoms with Crippen molar-refractivity contribution in [1.29, 1.82) is 0 Å². The monoisotopic (exact) mass is 532 g/mol. The molecule has 0 radical (unpaired) electrons. The van der Waals surface area contributed by atoms with Crippen LogP contribution in [0, 0.1) is 0 Å². The number of fused-ring (bicyclic) bond motifs is 1. The highest BCUT2D eigenvalue weighted by atomic mass is 31.3. The Morgan fingerprint density at radius 2 is 1.94 bits per heavy atom. The molecule has 3 rings (SSSR count). The Labute approximate surface area is 182 Å². The Morgan fingerprint density at radius 3 is 2.58 bits per heavy atom. The molecule has 1 aliphatic heterocycles. The van der Waals surface area contributed by atoms with Crippen LogP contribution < -0.4 is 5.73 Å². The van der Waals surface area contributed by atoms with E-state index in [4.69, 9.17) is 30.7 Å². The first-order chi connectivity index (χ1) is 15.2. The maximum Gasteiger partial charge on any atom is 0.490 e. The van der Waals surface area contributed by atoms with Gasteiger partial charge in [0.1, 0.15) is 17.8 Å². The lowest BCUT2D eigenvalue weighted by Crippen LogP contribution is -2.26. The topological polar surface area (TPSA) is 308 Å². The molecule has 33 heavy (non-hydrogen) atoms. The molecule has 0 saturated carbocycles. The largest absolute Gasteiger partial charge is 0.490 e. The van der Waals surface area contributed by atoms with E-state index in [-0.39, 0.29) is 29.4 Å². The molecule has 0 aromatic carbocycles. The summed E-state index contributed by atoms with van der Waals surface area (Å²) in [6.45, 7) is -0.852. The van der Waals surface area contributed by atoms with Crippen molar-refractivity contribution >= 4 is 46.4 Å². The number of nitrogen functional groups attached to an aromatic ring is 1. The van der Waals surface area contributed by atoms with E-state index >= 15 is 0 Å². The van der Waals surface area contributed by atoms with Crippen LogP contribution in [0.1, 0.15) is 12.6 Å². The van der Waals surface area contributed by atoms with Gasteiger partial charge in [-0.2, -0.15) is 8.62 Å². The summed E-state index contributed by atoms with van der Waals surface area (Å²) < 4.78 is 52.3. The zero-order chi connectivity index (χ0) is 24.6. The molecule has 23 heteroatoms. The van der Waals surface area contributed by atoms with Crippen molar-refractivity contribution in [2.45, 2.75) is 24.9 Å². The van der Waals surface area contributed by atoms with E-state index in [0.29, 0.717) is 0 Å². The van der Waals surface area contributed by atoms with Crippen LogP contribution in [0.3, 0.4) is 0 Å². The van der Waals surface area contributed by atoms with Gasteiger partial charge in [0.05, 0.1) is 19.0 Å². The number of nitrogens with zero attached hydrogens (tertiary/aromatic N) is 7. The summed E-state index contributed by atoms with van der Waals surface area (Å²) in [5, 5.41) is 13.5. The van der Waals surface area contributed by atoms with Crippen LogP contribution in [0.5, 0.6) is 0 Å². The van der Waals surface area contributed by atoms with Crippen LogP contribution in [0.15, 0.2) is 11.4 Å². The second-order valence-electron chi connectivity index (χ2n) is 6.24. The first kappa shape index (κ1) is 25.6. The van der Waals surface area contributed by atoms with Crippen molar-refractivity contribution in [3.63, 3.8) is 0 Å². The minimum Gasteiger partial charge on any atom is -0.390 e. The number of hydrogen-bond acceptors (Lipinski definition) is 13. The standard InChI is InChI=1S/C10H15N8O12P3/c11-8-7-9(15-10(14-8)16-17-12)18(3-13-7)6-1-4(19)5(28-6)2-27-32(23,24)30-33(25,26)29-31(20,21)22/h3-6,19H,1-2H2,(H,23,24)(H,25,26)(H2,11,14,15)(H2,20,21,22)/t4-,5+,6+/m0/s1. The summed E-state index contributed by atoms with van der Waals surface area (Å²) in [6, 6.07) is 0. The Bertz CT molecular complexity index is 1240. The predicted octanol–water partition coefficient (Wildman–Crippen LogP) is 0.342. The molecule has 2 unspecified atom stereocenters. The third-order valence-electron chi connectivity index (χ3n) is 3.90.